The highest BCUT2D eigenvalue weighted by Crippen LogP contribution is 2.18. The molecule has 0 spiro atoms. The zero-order chi connectivity index (χ0) is 14.3. The van der Waals surface area contributed by atoms with E-state index in [-0.39, 0.29) is 24.4 Å². The molecule has 4 nitrogen and oxygen atoms in total. The van der Waals surface area contributed by atoms with Crippen molar-refractivity contribution in [1.29, 1.82) is 0 Å². The molecule has 1 aromatic carbocycles. The number of halogens is 1. The van der Waals surface area contributed by atoms with Gasteiger partial charge in [-0.05, 0) is 30.5 Å². The van der Waals surface area contributed by atoms with Crippen LogP contribution in [0.2, 0.25) is 0 Å². The van der Waals surface area contributed by atoms with Crippen LogP contribution in [0.3, 0.4) is 0 Å². The Hall–Kier alpha value is -1.26. The van der Waals surface area contributed by atoms with Gasteiger partial charge in [0.25, 0.3) is 0 Å². The molecule has 0 aliphatic heterocycles. The molecule has 0 saturated carbocycles. The fraction of sp³-hybridized carbons (Fsp3) is 0.533. The van der Waals surface area contributed by atoms with Crippen LogP contribution >= 0.6 is 12.4 Å². The first-order valence-electron chi connectivity index (χ1n) is 6.75. The summed E-state index contributed by atoms with van der Waals surface area (Å²) in [7, 11) is 0. The van der Waals surface area contributed by atoms with Crippen molar-refractivity contribution in [3.63, 3.8) is 0 Å². The lowest BCUT2D eigenvalue weighted by molar-refractivity contribution is -0.122. The predicted octanol–water partition coefficient (Wildman–Crippen LogP) is 2.46. The predicted molar refractivity (Wildman–Crippen MR) is 84.6 cm³/mol. The van der Waals surface area contributed by atoms with Crippen molar-refractivity contribution in [2.45, 2.75) is 39.2 Å². The second-order valence-electron chi connectivity index (χ2n) is 5.03. The van der Waals surface area contributed by atoms with Gasteiger partial charge in [0.15, 0.2) is 0 Å². The first-order chi connectivity index (χ1) is 9.02. The molecule has 0 bridgehead atoms. The third-order valence-electron chi connectivity index (χ3n) is 2.91. The van der Waals surface area contributed by atoms with E-state index < -0.39 is 0 Å². The zero-order valence-corrected chi connectivity index (χ0v) is 13.2. The van der Waals surface area contributed by atoms with Crippen LogP contribution in [0.25, 0.3) is 0 Å². The number of nitrogens with one attached hydrogen (secondary N) is 1. The van der Waals surface area contributed by atoms with Crippen LogP contribution in [0.15, 0.2) is 24.3 Å². The van der Waals surface area contributed by atoms with Crippen molar-refractivity contribution < 1.29 is 9.53 Å². The van der Waals surface area contributed by atoms with Crippen LogP contribution in [0.5, 0.6) is 5.75 Å². The summed E-state index contributed by atoms with van der Waals surface area (Å²) in [5.41, 5.74) is 6.71. The van der Waals surface area contributed by atoms with E-state index in [1.165, 1.54) is 5.56 Å². The molecule has 1 atom stereocenters. The first-order valence-corrected chi connectivity index (χ1v) is 6.75. The number of benzene rings is 1. The van der Waals surface area contributed by atoms with Gasteiger partial charge in [-0.15, -0.1) is 12.4 Å². The van der Waals surface area contributed by atoms with Gasteiger partial charge >= 0.3 is 0 Å². The maximum atomic E-state index is 11.5. The fourth-order valence-electron chi connectivity index (χ4n) is 1.62. The summed E-state index contributed by atoms with van der Waals surface area (Å²) < 4.78 is 5.53. The first kappa shape index (κ1) is 18.7. The largest absolute Gasteiger partial charge is 0.493 e. The lowest BCUT2D eigenvalue weighted by Gasteiger charge is -2.12. The topological polar surface area (TPSA) is 64.3 Å². The van der Waals surface area contributed by atoms with Gasteiger partial charge in [0, 0.05) is 12.6 Å². The highest BCUT2D eigenvalue weighted by Gasteiger charge is 2.06. The SMILES string of the molecule is CC(C)c1ccc(OCCC(=O)N[C@@H](C)CN)cc1.Cl. The average molecular weight is 301 g/mol. The van der Waals surface area contributed by atoms with E-state index >= 15 is 0 Å². The standard InChI is InChI=1S/C15H24N2O2.ClH/c1-11(2)13-4-6-14(7-5-13)19-9-8-15(18)17-12(3)10-16;/h4-7,11-12H,8-10,16H2,1-3H3,(H,17,18);1H/t12-;/m0./s1. The molecule has 1 aromatic rings. The minimum absolute atomic E-state index is 0. The van der Waals surface area contributed by atoms with Gasteiger partial charge in [0.1, 0.15) is 5.75 Å². The molecule has 0 aromatic heterocycles. The number of carbonyl (C=O) groups is 1. The fourth-order valence-corrected chi connectivity index (χ4v) is 1.62. The second kappa shape index (κ2) is 9.61. The number of hydrogen-bond acceptors (Lipinski definition) is 3. The molecule has 0 saturated heterocycles. The second-order valence-corrected chi connectivity index (χ2v) is 5.03. The monoisotopic (exact) mass is 300 g/mol. The van der Waals surface area contributed by atoms with Crippen molar-refractivity contribution in [2.24, 2.45) is 5.73 Å². The maximum Gasteiger partial charge on any atom is 0.223 e. The molecule has 5 heteroatoms. The van der Waals surface area contributed by atoms with Crippen molar-refractivity contribution in [1.82, 2.24) is 5.32 Å². The van der Waals surface area contributed by atoms with Crippen LogP contribution in [0, 0.1) is 0 Å². The Kier molecular flexibility index (Phi) is 9.01. The Morgan fingerprint density at radius 3 is 2.35 bits per heavy atom. The van der Waals surface area contributed by atoms with E-state index in [2.05, 4.69) is 31.3 Å². The molecular formula is C15H25ClN2O2. The van der Waals surface area contributed by atoms with Crippen LogP contribution in [-0.2, 0) is 4.79 Å². The lowest BCUT2D eigenvalue weighted by atomic mass is 10.0. The van der Waals surface area contributed by atoms with E-state index in [0.717, 1.165) is 5.75 Å². The molecular weight excluding hydrogens is 276 g/mol. The molecule has 0 unspecified atom stereocenters. The van der Waals surface area contributed by atoms with Crippen LogP contribution < -0.4 is 15.8 Å². The Labute approximate surface area is 127 Å². The summed E-state index contributed by atoms with van der Waals surface area (Å²) in [5.74, 6) is 1.28. The number of hydrogen-bond donors (Lipinski definition) is 2. The Bertz CT molecular complexity index is 393. The molecule has 0 aliphatic rings. The Morgan fingerprint density at radius 2 is 1.85 bits per heavy atom. The van der Waals surface area contributed by atoms with Gasteiger partial charge in [0.2, 0.25) is 5.91 Å². The number of nitrogens with two attached hydrogens (primary N) is 1. The summed E-state index contributed by atoms with van der Waals surface area (Å²) in [4.78, 5) is 11.5. The van der Waals surface area contributed by atoms with Gasteiger partial charge in [-0.3, -0.25) is 4.79 Å². The molecule has 114 valence electrons. The minimum Gasteiger partial charge on any atom is -0.493 e. The van der Waals surface area contributed by atoms with Crippen LogP contribution in [0.4, 0.5) is 0 Å². The third kappa shape index (κ3) is 6.78. The Balaban J connectivity index is 0.00000361. The minimum atomic E-state index is -0.0308. The maximum absolute atomic E-state index is 11.5. The molecule has 0 fully saturated rings. The summed E-state index contributed by atoms with van der Waals surface area (Å²) in [6.07, 6.45) is 0.344. The molecule has 1 amide bonds. The van der Waals surface area contributed by atoms with E-state index in [1.807, 2.05) is 19.1 Å². The van der Waals surface area contributed by atoms with Crippen molar-refractivity contribution >= 4 is 18.3 Å². The Morgan fingerprint density at radius 1 is 1.25 bits per heavy atom. The number of carbonyl (C=O) groups excluding carboxylic acids is 1. The molecule has 0 aliphatic carbocycles. The van der Waals surface area contributed by atoms with Gasteiger partial charge in [-0.25, -0.2) is 0 Å². The van der Waals surface area contributed by atoms with Gasteiger partial charge in [-0.1, -0.05) is 26.0 Å². The number of ether oxygens (including phenoxy) is 1. The number of amides is 1. The smallest absolute Gasteiger partial charge is 0.223 e. The van der Waals surface area contributed by atoms with Gasteiger partial charge in [-0.2, -0.15) is 0 Å². The molecule has 1 rings (SSSR count). The highest BCUT2D eigenvalue weighted by molar-refractivity contribution is 5.85. The number of rotatable bonds is 7. The summed E-state index contributed by atoms with van der Waals surface area (Å²) >= 11 is 0. The van der Waals surface area contributed by atoms with Gasteiger partial charge in [0.05, 0.1) is 13.0 Å². The molecule has 20 heavy (non-hydrogen) atoms. The van der Waals surface area contributed by atoms with Crippen molar-refractivity contribution in [3.05, 3.63) is 29.8 Å². The summed E-state index contributed by atoms with van der Waals surface area (Å²) in [6, 6.07) is 8.00. The van der Waals surface area contributed by atoms with E-state index in [9.17, 15) is 4.79 Å². The van der Waals surface area contributed by atoms with Crippen molar-refractivity contribution in [3.8, 4) is 5.75 Å². The lowest BCUT2D eigenvalue weighted by Crippen LogP contribution is -2.38. The van der Waals surface area contributed by atoms with Crippen molar-refractivity contribution in [2.75, 3.05) is 13.2 Å². The van der Waals surface area contributed by atoms with E-state index in [4.69, 9.17) is 10.5 Å². The summed E-state index contributed by atoms with van der Waals surface area (Å²) in [5, 5.41) is 2.80. The highest BCUT2D eigenvalue weighted by atomic mass is 35.5. The summed E-state index contributed by atoms with van der Waals surface area (Å²) in [6.45, 7) is 7.01. The molecule has 3 N–H and O–H groups in total. The quantitative estimate of drug-likeness (QED) is 0.813. The van der Waals surface area contributed by atoms with E-state index in [0.29, 0.717) is 25.5 Å². The van der Waals surface area contributed by atoms with Crippen LogP contribution in [-0.4, -0.2) is 25.1 Å². The third-order valence-corrected chi connectivity index (χ3v) is 2.91. The normalized spacial score (nSPS) is 11.7. The molecule has 0 heterocycles. The van der Waals surface area contributed by atoms with Gasteiger partial charge < -0.3 is 15.8 Å². The zero-order valence-electron chi connectivity index (χ0n) is 12.4. The molecule has 0 radical (unpaired) electrons. The van der Waals surface area contributed by atoms with E-state index in [1.54, 1.807) is 0 Å². The van der Waals surface area contributed by atoms with Crippen LogP contribution in [0.1, 0.15) is 38.7 Å². The average Bonchev–Trinajstić information content (AvgIpc) is 2.39.